The number of nitrogens with one attached hydrogen (secondary N) is 3. The lowest BCUT2D eigenvalue weighted by Gasteiger charge is -2.23. The number of carbonyl (C=O) groups excluding carboxylic acids is 3. The first-order chi connectivity index (χ1) is 20.5. The molecule has 0 aliphatic heterocycles. The maximum absolute atomic E-state index is 13.4. The number of carboxylic acids is 1. The van der Waals surface area contributed by atoms with Gasteiger partial charge in [-0.15, -0.1) is 0 Å². The Kier molecular flexibility index (Phi) is 10.4. The zero-order valence-electron chi connectivity index (χ0n) is 25.0. The van der Waals surface area contributed by atoms with Crippen LogP contribution < -0.4 is 10.6 Å². The summed E-state index contributed by atoms with van der Waals surface area (Å²) in [6.07, 6.45) is 5.32. The molecule has 0 spiro atoms. The molecule has 11 heteroatoms. The smallest absolute Gasteiger partial charge is 0.408 e. The van der Waals surface area contributed by atoms with Gasteiger partial charge in [0.25, 0.3) is 5.91 Å². The molecule has 0 saturated heterocycles. The van der Waals surface area contributed by atoms with Crippen molar-refractivity contribution in [3.8, 4) is 0 Å². The Hall–Kier alpha value is -4.41. The number of carbonyl (C=O) groups is 4. The molecule has 230 valence electrons. The van der Waals surface area contributed by atoms with E-state index in [-0.39, 0.29) is 12.5 Å². The molecule has 0 unspecified atom stereocenters. The first-order valence-corrected chi connectivity index (χ1v) is 14.8. The van der Waals surface area contributed by atoms with Crippen molar-refractivity contribution in [1.29, 1.82) is 0 Å². The highest BCUT2D eigenvalue weighted by atomic mass is 16.6. The molecule has 43 heavy (non-hydrogen) atoms. The number of fused-ring (bicyclic) bond motifs is 1. The fourth-order valence-electron chi connectivity index (χ4n) is 5.21. The van der Waals surface area contributed by atoms with E-state index in [0.717, 1.165) is 23.0 Å². The summed E-state index contributed by atoms with van der Waals surface area (Å²) in [6.45, 7) is 5.36. The van der Waals surface area contributed by atoms with Gasteiger partial charge in [0, 0.05) is 25.1 Å². The molecule has 3 amide bonds. The number of benzene rings is 2. The Morgan fingerprint density at radius 2 is 1.74 bits per heavy atom. The average molecular weight is 592 g/mol. The third-order valence-electron chi connectivity index (χ3n) is 7.42. The monoisotopic (exact) mass is 591 g/mol. The Balaban J connectivity index is 1.38. The van der Waals surface area contributed by atoms with Gasteiger partial charge in [-0.2, -0.15) is 0 Å². The number of aromatic nitrogens is 2. The van der Waals surface area contributed by atoms with E-state index in [9.17, 15) is 24.3 Å². The number of H-pyrrole nitrogens is 1. The van der Waals surface area contributed by atoms with Gasteiger partial charge in [-0.3, -0.25) is 9.59 Å². The minimum Gasteiger partial charge on any atom is -0.480 e. The highest BCUT2D eigenvalue weighted by Crippen LogP contribution is 2.29. The maximum Gasteiger partial charge on any atom is 0.408 e. The van der Waals surface area contributed by atoms with E-state index in [0.29, 0.717) is 36.8 Å². The standard InChI is InChI=1S/C32H41N5O6/c1-32(2,3)43-31(42)36-26(30(40)41)18-33-29(39)23-15-12-22(13-16-23)19-37(28(38)17-14-21-8-4-5-9-21)20-27-34-24-10-6-7-11-25(24)35-27/h6-7,10-13,15-16,21,26H,4-5,8-9,14,17-20H2,1-3H3,(H,33,39)(H,34,35)(H,36,42)(H,40,41)/t26-/m0/s1. The number of para-hydroxylation sites is 2. The molecular formula is C32H41N5O6. The Labute approximate surface area is 251 Å². The van der Waals surface area contributed by atoms with Crippen LogP contribution in [0.3, 0.4) is 0 Å². The van der Waals surface area contributed by atoms with Crippen LogP contribution in [0.25, 0.3) is 11.0 Å². The van der Waals surface area contributed by atoms with Crippen LogP contribution in [-0.4, -0.2) is 62.0 Å². The number of aliphatic carboxylic acids is 1. The van der Waals surface area contributed by atoms with Gasteiger partial charge in [0.05, 0.1) is 17.6 Å². The molecule has 1 aliphatic carbocycles. The second kappa shape index (κ2) is 14.2. The summed E-state index contributed by atoms with van der Waals surface area (Å²) in [5.74, 6) is -0.417. The molecule has 4 rings (SSSR count). The van der Waals surface area contributed by atoms with Crippen molar-refractivity contribution < 1.29 is 29.0 Å². The van der Waals surface area contributed by atoms with Crippen LogP contribution >= 0.6 is 0 Å². The van der Waals surface area contributed by atoms with Crippen molar-refractivity contribution in [2.45, 2.75) is 84.0 Å². The fourth-order valence-corrected chi connectivity index (χ4v) is 5.21. The summed E-state index contributed by atoms with van der Waals surface area (Å²) in [4.78, 5) is 59.5. The number of alkyl carbamates (subject to hydrolysis) is 1. The number of aromatic amines is 1. The second-order valence-corrected chi connectivity index (χ2v) is 12.1. The van der Waals surface area contributed by atoms with E-state index in [1.54, 1.807) is 49.9 Å². The van der Waals surface area contributed by atoms with Gasteiger partial charge in [-0.05, 0) is 62.9 Å². The van der Waals surface area contributed by atoms with Gasteiger partial charge < -0.3 is 30.4 Å². The highest BCUT2D eigenvalue weighted by Gasteiger charge is 2.25. The summed E-state index contributed by atoms with van der Waals surface area (Å²) >= 11 is 0. The Morgan fingerprint density at radius 1 is 1.05 bits per heavy atom. The molecule has 0 radical (unpaired) electrons. The van der Waals surface area contributed by atoms with Gasteiger partial charge in [0.2, 0.25) is 5.91 Å². The van der Waals surface area contributed by atoms with E-state index in [1.165, 1.54) is 25.7 Å². The normalized spacial score (nSPS) is 14.3. The van der Waals surface area contributed by atoms with Gasteiger partial charge >= 0.3 is 12.1 Å². The third kappa shape index (κ3) is 9.56. The summed E-state index contributed by atoms with van der Waals surface area (Å²) in [5, 5.41) is 14.3. The van der Waals surface area contributed by atoms with E-state index >= 15 is 0 Å². The predicted molar refractivity (Wildman–Crippen MR) is 161 cm³/mol. The minimum absolute atomic E-state index is 0.0615. The number of amides is 3. The molecule has 1 aliphatic rings. The fraction of sp³-hybridized carbons (Fsp3) is 0.469. The Morgan fingerprint density at radius 3 is 2.40 bits per heavy atom. The SMILES string of the molecule is CC(C)(C)OC(=O)N[C@@H](CNC(=O)c1ccc(CN(Cc2nc3ccccc3[nH]2)C(=O)CCC2CCCC2)cc1)C(=O)O. The van der Waals surface area contributed by atoms with Gasteiger partial charge in [-0.1, -0.05) is 49.9 Å². The van der Waals surface area contributed by atoms with Gasteiger partial charge in [-0.25, -0.2) is 14.6 Å². The lowest BCUT2D eigenvalue weighted by molar-refractivity contribution is -0.139. The van der Waals surface area contributed by atoms with Crippen molar-refractivity contribution in [1.82, 2.24) is 25.5 Å². The maximum atomic E-state index is 13.4. The zero-order chi connectivity index (χ0) is 31.0. The summed E-state index contributed by atoms with van der Waals surface area (Å²) in [5.41, 5.74) is 2.13. The molecule has 11 nitrogen and oxygen atoms in total. The van der Waals surface area contributed by atoms with E-state index in [2.05, 4.69) is 20.6 Å². The summed E-state index contributed by atoms with van der Waals surface area (Å²) in [6, 6.07) is 13.2. The van der Waals surface area contributed by atoms with Crippen molar-refractivity contribution in [2.75, 3.05) is 6.54 Å². The number of ether oxygens (including phenoxy) is 1. The Bertz CT molecular complexity index is 1390. The number of carboxylic acid groups (broad SMARTS) is 1. The van der Waals surface area contributed by atoms with Crippen LogP contribution in [-0.2, 0) is 27.4 Å². The first kappa shape index (κ1) is 31.5. The topological polar surface area (TPSA) is 154 Å². The van der Waals surface area contributed by atoms with Crippen LogP contribution in [0.4, 0.5) is 4.79 Å². The van der Waals surface area contributed by atoms with Crippen molar-refractivity contribution in [2.24, 2.45) is 5.92 Å². The first-order valence-electron chi connectivity index (χ1n) is 14.8. The number of hydrogen-bond donors (Lipinski definition) is 4. The van der Waals surface area contributed by atoms with Crippen LogP contribution in [0.5, 0.6) is 0 Å². The highest BCUT2D eigenvalue weighted by molar-refractivity contribution is 5.94. The molecule has 4 N–H and O–H groups in total. The number of hydrogen-bond acceptors (Lipinski definition) is 6. The summed E-state index contributed by atoms with van der Waals surface area (Å²) in [7, 11) is 0. The van der Waals surface area contributed by atoms with Gasteiger partial charge in [0.15, 0.2) is 0 Å². The van der Waals surface area contributed by atoms with Crippen molar-refractivity contribution in [3.05, 3.63) is 65.5 Å². The minimum atomic E-state index is -1.36. The molecule has 1 fully saturated rings. The van der Waals surface area contributed by atoms with Crippen molar-refractivity contribution >= 4 is 34.9 Å². The average Bonchev–Trinajstić information content (AvgIpc) is 3.62. The van der Waals surface area contributed by atoms with Crippen LogP contribution in [0.15, 0.2) is 48.5 Å². The molecule has 2 aromatic carbocycles. The van der Waals surface area contributed by atoms with Gasteiger partial charge in [0.1, 0.15) is 17.5 Å². The lowest BCUT2D eigenvalue weighted by atomic mass is 10.0. The lowest BCUT2D eigenvalue weighted by Crippen LogP contribution is -2.49. The van der Waals surface area contributed by atoms with E-state index < -0.39 is 29.6 Å². The van der Waals surface area contributed by atoms with Crippen LogP contribution in [0.2, 0.25) is 0 Å². The molecule has 1 atom stereocenters. The van der Waals surface area contributed by atoms with E-state index in [1.807, 2.05) is 24.3 Å². The van der Waals surface area contributed by atoms with Crippen LogP contribution in [0, 0.1) is 5.92 Å². The largest absolute Gasteiger partial charge is 0.480 e. The molecular weight excluding hydrogens is 550 g/mol. The van der Waals surface area contributed by atoms with Crippen LogP contribution in [0.1, 0.15) is 81.0 Å². The quantitative estimate of drug-likeness (QED) is 0.237. The number of rotatable bonds is 12. The zero-order valence-corrected chi connectivity index (χ0v) is 25.0. The molecule has 1 saturated carbocycles. The predicted octanol–water partition coefficient (Wildman–Crippen LogP) is 4.77. The third-order valence-corrected chi connectivity index (χ3v) is 7.42. The molecule has 0 bridgehead atoms. The molecule has 3 aromatic rings. The van der Waals surface area contributed by atoms with E-state index in [4.69, 9.17) is 4.74 Å². The van der Waals surface area contributed by atoms with Crippen molar-refractivity contribution in [3.63, 3.8) is 0 Å². The molecule has 1 heterocycles. The number of imidazole rings is 1. The molecule has 1 aromatic heterocycles. The summed E-state index contributed by atoms with van der Waals surface area (Å²) < 4.78 is 5.11. The number of nitrogens with zero attached hydrogens (tertiary/aromatic N) is 2. The second-order valence-electron chi connectivity index (χ2n) is 12.1.